The topological polar surface area (TPSA) is 65.8 Å². The second-order valence-corrected chi connectivity index (χ2v) is 7.51. The molecule has 0 radical (unpaired) electrons. The van der Waals surface area contributed by atoms with E-state index in [0.717, 1.165) is 24.2 Å². The van der Waals surface area contributed by atoms with Gasteiger partial charge in [-0.1, -0.05) is 29.8 Å². The average Bonchev–Trinajstić information content (AvgIpc) is 3.27. The number of urea groups is 1. The summed E-state index contributed by atoms with van der Waals surface area (Å²) < 4.78 is 5.23. The molecule has 154 valence electrons. The van der Waals surface area contributed by atoms with Crippen LogP contribution in [0.25, 0.3) is 0 Å². The minimum atomic E-state index is -0.177. The molecule has 1 aliphatic rings. The molecular weight excluding hydrogens is 378 g/mol. The van der Waals surface area contributed by atoms with Crippen molar-refractivity contribution in [2.45, 2.75) is 26.4 Å². The van der Waals surface area contributed by atoms with Crippen molar-refractivity contribution in [3.63, 3.8) is 0 Å². The maximum absolute atomic E-state index is 13.0. The van der Waals surface area contributed by atoms with Crippen LogP contribution in [0.1, 0.15) is 33.7 Å². The van der Waals surface area contributed by atoms with Gasteiger partial charge in [-0.2, -0.15) is 0 Å². The van der Waals surface area contributed by atoms with Crippen LogP contribution in [0, 0.1) is 6.92 Å². The molecule has 3 amide bonds. The number of amides is 3. The summed E-state index contributed by atoms with van der Waals surface area (Å²) in [6.45, 7) is 4.42. The number of hydrogen-bond donors (Lipinski definition) is 1. The molecule has 2 aromatic carbocycles. The minimum Gasteiger partial charge on any atom is -0.467 e. The van der Waals surface area contributed by atoms with Crippen LogP contribution < -0.4 is 10.2 Å². The lowest BCUT2D eigenvalue weighted by Gasteiger charge is -2.35. The largest absolute Gasteiger partial charge is 0.467 e. The minimum absolute atomic E-state index is 0.00206. The van der Waals surface area contributed by atoms with E-state index in [1.54, 1.807) is 29.4 Å². The summed E-state index contributed by atoms with van der Waals surface area (Å²) in [5.41, 5.74) is 3.67. The quantitative estimate of drug-likeness (QED) is 0.665. The predicted molar refractivity (Wildman–Crippen MR) is 115 cm³/mol. The van der Waals surface area contributed by atoms with Crippen molar-refractivity contribution < 1.29 is 14.0 Å². The molecule has 0 bridgehead atoms. The Morgan fingerprint density at radius 3 is 2.63 bits per heavy atom. The van der Waals surface area contributed by atoms with Crippen molar-refractivity contribution in [3.8, 4) is 0 Å². The van der Waals surface area contributed by atoms with E-state index in [1.807, 2.05) is 29.2 Å². The third-order valence-electron chi connectivity index (χ3n) is 5.21. The third kappa shape index (κ3) is 4.54. The fourth-order valence-corrected chi connectivity index (χ4v) is 3.67. The Morgan fingerprint density at radius 1 is 1.07 bits per heavy atom. The third-order valence-corrected chi connectivity index (χ3v) is 5.21. The fourth-order valence-electron chi connectivity index (χ4n) is 3.67. The van der Waals surface area contributed by atoms with Crippen molar-refractivity contribution in [1.82, 2.24) is 10.2 Å². The van der Waals surface area contributed by atoms with Crippen LogP contribution in [0.2, 0.25) is 0 Å². The molecule has 30 heavy (non-hydrogen) atoms. The highest BCUT2D eigenvalue weighted by molar-refractivity contribution is 5.96. The molecule has 0 atom stereocenters. The number of carbonyl (C=O) groups excluding carboxylic acids is 2. The summed E-state index contributed by atoms with van der Waals surface area (Å²) in [7, 11) is 0. The van der Waals surface area contributed by atoms with Crippen LogP contribution in [0.5, 0.6) is 0 Å². The lowest BCUT2D eigenvalue weighted by atomic mass is 10.1. The predicted octanol–water partition coefficient (Wildman–Crippen LogP) is 4.35. The maximum Gasteiger partial charge on any atom is 0.324 e. The molecule has 1 N–H and O–H groups in total. The van der Waals surface area contributed by atoms with E-state index in [9.17, 15) is 9.59 Å². The van der Waals surface area contributed by atoms with E-state index < -0.39 is 0 Å². The molecule has 6 nitrogen and oxygen atoms in total. The van der Waals surface area contributed by atoms with Gasteiger partial charge in [0.2, 0.25) is 0 Å². The van der Waals surface area contributed by atoms with Gasteiger partial charge in [-0.05, 0) is 55.3 Å². The fraction of sp³-hybridized carbons (Fsp3) is 0.250. The monoisotopic (exact) mass is 403 g/mol. The molecule has 1 saturated heterocycles. The van der Waals surface area contributed by atoms with Crippen LogP contribution in [-0.2, 0) is 13.1 Å². The van der Waals surface area contributed by atoms with Gasteiger partial charge < -0.3 is 14.6 Å². The van der Waals surface area contributed by atoms with Crippen molar-refractivity contribution in [1.29, 1.82) is 0 Å². The smallest absolute Gasteiger partial charge is 0.324 e. The molecule has 0 spiro atoms. The Balaban J connectivity index is 1.40. The highest BCUT2D eigenvalue weighted by Gasteiger charge is 2.26. The molecule has 0 aliphatic carbocycles. The number of rotatable bonds is 6. The molecule has 1 fully saturated rings. The standard InChI is InChI=1S/C24H25N3O3/c1-18-5-2-6-19(15-18)17-26-12-4-13-27(24(26)29)21-10-8-20(9-11-21)23(28)25-16-22-7-3-14-30-22/h2-3,5-11,14-15H,4,12-13,16-17H2,1H3,(H,25,28). The van der Waals surface area contributed by atoms with Crippen molar-refractivity contribution in [2.75, 3.05) is 18.0 Å². The first-order valence-electron chi connectivity index (χ1n) is 10.1. The van der Waals surface area contributed by atoms with Gasteiger partial charge in [-0.25, -0.2) is 4.79 Å². The zero-order valence-corrected chi connectivity index (χ0v) is 17.0. The van der Waals surface area contributed by atoms with Crippen LogP contribution in [-0.4, -0.2) is 29.9 Å². The van der Waals surface area contributed by atoms with Crippen molar-refractivity contribution in [3.05, 3.63) is 89.4 Å². The normalized spacial score (nSPS) is 14.1. The van der Waals surface area contributed by atoms with E-state index >= 15 is 0 Å². The Hall–Kier alpha value is -3.54. The van der Waals surface area contributed by atoms with Gasteiger partial charge in [0.25, 0.3) is 5.91 Å². The van der Waals surface area contributed by atoms with Gasteiger partial charge in [0.15, 0.2) is 0 Å². The highest BCUT2D eigenvalue weighted by Crippen LogP contribution is 2.22. The second kappa shape index (κ2) is 8.86. The van der Waals surface area contributed by atoms with Gasteiger partial charge in [0, 0.05) is 30.9 Å². The van der Waals surface area contributed by atoms with E-state index in [2.05, 4.69) is 30.4 Å². The second-order valence-electron chi connectivity index (χ2n) is 7.51. The Morgan fingerprint density at radius 2 is 1.90 bits per heavy atom. The maximum atomic E-state index is 13.0. The number of benzene rings is 2. The van der Waals surface area contributed by atoms with Crippen LogP contribution in [0.15, 0.2) is 71.3 Å². The summed E-state index contributed by atoms with van der Waals surface area (Å²) in [4.78, 5) is 29.0. The molecule has 3 aromatic rings. The number of anilines is 1. The molecule has 2 heterocycles. The van der Waals surface area contributed by atoms with Gasteiger partial charge >= 0.3 is 6.03 Å². The van der Waals surface area contributed by atoms with Gasteiger partial charge in [0.1, 0.15) is 5.76 Å². The zero-order chi connectivity index (χ0) is 20.9. The summed E-state index contributed by atoms with van der Waals surface area (Å²) in [5, 5.41) is 2.83. The molecule has 1 aromatic heterocycles. The first-order valence-corrected chi connectivity index (χ1v) is 10.1. The number of hydrogen-bond acceptors (Lipinski definition) is 3. The van der Waals surface area contributed by atoms with E-state index in [0.29, 0.717) is 31.0 Å². The lowest BCUT2D eigenvalue weighted by Crippen LogP contribution is -2.49. The average molecular weight is 403 g/mol. The van der Waals surface area contributed by atoms with Crippen molar-refractivity contribution in [2.24, 2.45) is 0 Å². The number of carbonyl (C=O) groups is 2. The van der Waals surface area contributed by atoms with Crippen LogP contribution in [0.4, 0.5) is 10.5 Å². The summed E-state index contributed by atoms with van der Waals surface area (Å²) >= 11 is 0. The Kier molecular flexibility index (Phi) is 5.84. The zero-order valence-electron chi connectivity index (χ0n) is 17.0. The van der Waals surface area contributed by atoms with Gasteiger partial charge in [-0.3, -0.25) is 9.69 Å². The van der Waals surface area contributed by atoms with Gasteiger partial charge in [-0.15, -0.1) is 0 Å². The molecule has 1 aliphatic heterocycles. The van der Waals surface area contributed by atoms with Crippen molar-refractivity contribution >= 4 is 17.6 Å². The Labute approximate surface area is 176 Å². The van der Waals surface area contributed by atoms with Gasteiger partial charge in [0.05, 0.1) is 12.8 Å². The summed E-state index contributed by atoms with van der Waals surface area (Å²) in [6, 6.07) is 19.0. The molecule has 0 saturated carbocycles. The number of nitrogens with one attached hydrogen (secondary N) is 1. The Bertz CT molecular complexity index is 1010. The molecule has 4 rings (SSSR count). The molecular formula is C24H25N3O3. The number of furan rings is 1. The first-order chi connectivity index (χ1) is 14.6. The number of aryl methyl sites for hydroxylation is 1. The highest BCUT2D eigenvalue weighted by atomic mass is 16.3. The number of nitrogens with zero attached hydrogens (tertiary/aromatic N) is 2. The van der Waals surface area contributed by atoms with E-state index in [1.165, 1.54) is 5.56 Å². The summed E-state index contributed by atoms with van der Waals surface area (Å²) in [6.07, 6.45) is 2.48. The van der Waals surface area contributed by atoms with Crippen LogP contribution >= 0.6 is 0 Å². The van der Waals surface area contributed by atoms with E-state index in [-0.39, 0.29) is 11.9 Å². The summed E-state index contributed by atoms with van der Waals surface area (Å²) in [5.74, 6) is 0.525. The molecule has 6 heteroatoms. The van der Waals surface area contributed by atoms with Crippen LogP contribution in [0.3, 0.4) is 0 Å². The first kappa shape index (κ1) is 19.8. The SMILES string of the molecule is Cc1cccc(CN2CCCN(c3ccc(C(=O)NCc4ccco4)cc3)C2=O)c1. The van der Waals surface area contributed by atoms with E-state index in [4.69, 9.17) is 4.42 Å². The lowest BCUT2D eigenvalue weighted by molar-refractivity contribution is 0.0948. The molecule has 0 unspecified atom stereocenters.